The monoisotopic (exact) mass is 372 g/mol. The van der Waals surface area contributed by atoms with Gasteiger partial charge in [-0.15, -0.1) is 0 Å². The van der Waals surface area contributed by atoms with E-state index in [-0.39, 0.29) is 11.4 Å². The van der Waals surface area contributed by atoms with E-state index < -0.39 is 33.8 Å². The van der Waals surface area contributed by atoms with Crippen molar-refractivity contribution in [2.75, 3.05) is 13.6 Å². The molecule has 0 radical (unpaired) electrons. The Kier molecular flexibility index (Phi) is 6.95. The van der Waals surface area contributed by atoms with Gasteiger partial charge < -0.3 is 15.4 Å². The third-order valence-corrected chi connectivity index (χ3v) is 4.26. The van der Waals surface area contributed by atoms with Crippen LogP contribution in [-0.4, -0.2) is 45.7 Å². The summed E-state index contributed by atoms with van der Waals surface area (Å²) in [5.41, 5.74) is 0.162. The van der Waals surface area contributed by atoms with Gasteiger partial charge >= 0.3 is 6.09 Å². The first-order valence-corrected chi connectivity index (χ1v) is 9.04. The minimum absolute atomic E-state index is 0.0794. The SMILES string of the molecule is CNC(=O)C(CNC(=O)OC(C)(C)C)OS(=O)(=O)c1ccc(C)cc1. The van der Waals surface area contributed by atoms with Crippen molar-refractivity contribution in [2.45, 2.75) is 44.3 Å². The average molecular weight is 372 g/mol. The molecule has 0 aliphatic carbocycles. The minimum Gasteiger partial charge on any atom is -0.444 e. The first kappa shape index (κ1) is 20.9. The highest BCUT2D eigenvalue weighted by atomic mass is 32.2. The number of benzene rings is 1. The largest absolute Gasteiger partial charge is 0.444 e. The van der Waals surface area contributed by atoms with E-state index in [1.54, 1.807) is 32.9 Å². The molecule has 1 atom stereocenters. The van der Waals surface area contributed by atoms with Gasteiger partial charge in [0.15, 0.2) is 6.10 Å². The standard InChI is InChI=1S/C16H24N2O6S/c1-11-6-8-12(9-7-11)25(21,22)24-13(14(19)17-5)10-18-15(20)23-16(2,3)4/h6-9,13H,10H2,1-5H3,(H,17,19)(H,18,20). The van der Waals surface area contributed by atoms with Crippen LogP contribution >= 0.6 is 0 Å². The first-order chi connectivity index (χ1) is 11.4. The predicted octanol–water partition coefficient (Wildman–Crippen LogP) is 1.34. The van der Waals surface area contributed by atoms with E-state index in [9.17, 15) is 18.0 Å². The Balaban J connectivity index is 2.84. The molecule has 0 heterocycles. The maximum atomic E-state index is 12.3. The molecule has 1 unspecified atom stereocenters. The van der Waals surface area contributed by atoms with Crippen LogP contribution in [0, 0.1) is 6.92 Å². The van der Waals surface area contributed by atoms with Crippen LogP contribution in [-0.2, 0) is 23.8 Å². The highest BCUT2D eigenvalue weighted by Gasteiger charge is 2.28. The summed E-state index contributed by atoms with van der Waals surface area (Å²) < 4.78 is 34.6. The molecule has 1 rings (SSSR count). The van der Waals surface area contributed by atoms with Gasteiger partial charge in [0, 0.05) is 7.05 Å². The molecule has 2 N–H and O–H groups in total. The molecule has 0 aliphatic heterocycles. The van der Waals surface area contributed by atoms with Crippen molar-refractivity contribution in [3.05, 3.63) is 29.8 Å². The lowest BCUT2D eigenvalue weighted by Gasteiger charge is -2.21. The lowest BCUT2D eigenvalue weighted by Crippen LogP contribution is -2.45. The fraction of sp³-hybridized carbons (Fsp3) is 0.500. The number of nitrogens with one attached hydrogen (secondary N) is 2. The molecule has 2 amide bonds. The number of carbonyl (C=O) groups excluding carboxylic acids is 2. The fourth-order valence-electron chi connectivity index (χ4n) is 1.74. The molecule has 0 spiro atoms. The lowest BCUT2D eigenvalue weighted by atomic mass is 10.2. The number of carbonyl (C=O) groups is 2. The van der Waals surface area contributed by atoms with Crippen LogP contribution in [0.3, 0.4) is 0 Å². The molecule has 0 bridgehead atoms. The number of rotatable bonds is 6. The minimum atomic E-state index is -4.17. The number of hydrogen-bond donors (Lipinski definition) is 2. The average Bonchev–Trinajstić information content (AvgIpc) is 2.49. The second kappa shape index (κ2) is 8.30. The normalized spacial score (nSPS) is 13.0. The van der Waals surface area contributed by atoms with E-state index in [1.807, 2.05) is 6.92 Å². The molecule has 0 saturated carbocycles. The van der Waals surface area contributed by atoms with Crippen LogP contribution in [0.25, 0.3) is 0 Å². The molecule has 1 aromatic carbocycles. The number of hydrogen-bond acceptors (Lipinski definition) is 6. The summed E-state index contributed by atoms with van der Waals surface area (Å²) >= 11 is 0. The Hall–Kier alpha value is -2.13. The van der Waals surface area contributed by atoms with Gasteiger partial charge in [-0.2, -0.15) is 8.42 Å². The zero-order valence-electron chi connectivity index (χ0n) is 15.0. The van der Waals surface area contributed by atoms with Crippen LogP contribution < -0.4 is 10.6 Å². The van der Waals surface area contributed by atoms with Gasteiger partial charge in [-0.25, -0.2) is 4.79 Å². The zero-order valence-corrected chi connectivity index (χ0v) is 15.8. The van der Waals surface area contributed by atoms with Gasteiger partial charge in [0.1, 0.15) is 5.60 Å². The van der Waals surface area contributed by atoms with Crippen molar-refractivity contribution in [2.24, 2.45) is 0 Å². The fourth-order valence-corrected chi connectivity index (χ4v) is 2.78. The number of alkyl carbamates (subject to hydrolysis) is 1. The zero-order chi connectivity index (χ0) is 19.3. The van der Waals surface area contributed by atoms with Gasteiger partial charge in [0.05, 0.1) is 11.4 Å². The van der Waals surface area contributed by atoms with E-state index in [4.69, 9.17) is 8.92 Å². The van der Waals surface area contributed by atoms with Crippen molar-refractivity contribution >= 4 is 22.1 Å². The topological polar surface area (TPSA) is 111 Å². The Labute approximate surface area is 148 Å². The van der Waals surface area contributed by atoms with Gasteiger partial charge in [0.2, 0.25) is 0 Å². The van der Waals surface area contributed by atoms with Crippen LogP contribution in [0.5, 0.6) is 0 Å². The Bertz CT molecular complexity index is 707. The molecular weight excluding hydrogens is 348 g/mol. The molecule has 0 saturated heterocycles. The maximum Gasteiger partial charge on any atom is 0.407 e. The van der Waals surface area contributed by atoms with Crippen molar-refractivity contribution < 1.29 is 26.9 Å². The Morgan fingerprint density at radius 3 is 2.20 bits per heavy atom. The second-order valence-corrected chi connectivity index (χ2v) is 7.92. The van der Waals surface area contributed by atoms with E-state index in [0.717, 1.165) is 5.56 Å². The number of likely N-dealkylation sites (N-methyl/N-ethyl adjacent to an activating group) is 1. The summed E-state index contributed by atoms with van der Waals surface area (Å²) in [5, 5.41) is 4.63. The van der Waals surface area contributed by atoms with Crippen molar-refractivity contribution in [3.63, 3.8) is 0 Å². The van der Waals surface area contributed by atoms with Crippen LogP contribution in [0.15, 0.2) is 29.2 Å². The van der Waals surface area contributed by atoms with Crippen molar-refractivity contribution in [1.29, 1.82) is 0 Å². The molecule has 0 aromatic heterocycles. The Morgan fingerprint density at radius 1 is 1.16 bits per heavy atom. The summed E-state index contributed by atoms with van der Waals surface area (Å²) in [6.07, 6.45) is -2.21. The third kappa shape index (κ3) is 7.10. The molecule has 1 aromatic rings. The van der Waals surface area contributed by atoms with Gasteiger partial charge in [-0.05, 0) is 39.8 Å². The second-order valence-electron chi connectivity index (χ2n) is 6.35. The van der Waals surface area contributed by atoms with Gasteiger partial charge in [-0.1, -0.05) is 17.7 Å². The van der Waals surface area contributed by atoms with E-state index in [1.165, 1.54) is 19.2 Å². The molecule has 9 heteroatoms. The van der Waals surface area contributed by atoms with E-state index in [2.05, 4.69) is 10.6 Å². The quantitative estimate of drug-likeness (QED) is 0.729. The summed E-state index contributed by atoms with van der Waals surface area (Å²) in [4.78, 5) is 23.5. The molecule has 140 valence electrons. The lowest BCUT2D eigenvalue weighted by molar-refractivity contribution is -0.127. The van der Waals surface area contributed by atoms with Gasteiger partial charge in [0.25, 0.3) is 16.0 Å². The maximum absolute atomic E-state index is 12.3. The number of amides is 2. The summed E-state index contributed by atoms with van der Waals surface area (Å²) in [6, 6.07) is 5.99. The van der Waals surface area contributed by atoms with Crippen LogP contribution in [0.2, 0.25) is 0 Å². The predicted molar refractivity (Wildman–Crippen MR) is 91.5 cm³/mol. The molecule has 25 heavy (non-hydrogen) atoms. The summed E-state index contributed by atoms with van der Waals surface area (Å²) in [5.74, 6) is -0.688. The number of aryl methyl sites for hydroxylation is 1. The molecule has 8 nitrogen and oxygen atoms in total. The first-order valence-electron chi connectivity index (χ1n) is 7.63. The molecule has 0 fully saturated rings. The number of ether oxygens (including phenoxy) is 1. The molecule has 0 aliphatic rings. The summed E-state index contributed by atoms with van der Waals surface area (Å²) in [7, 11) is -2.83. The smallest absolute Gasteiger partial charge is 0.407 e. The Morgan fingerprint density at radius 2 is 1.72 bits per heavy atom. The highest BCUT2D eigenvalue weighted by Crippen LogP contribution is 2.15. The van der Waals surface area contributed by atoms with Crippen molar-refractivity contribution in [1.82, 2.24) is 10.6 Å². The highest BCUT2D eigenvalue weighted by molar-refractivity contribution is 7.86. The van der Waals surface area contributed by atoms with E-state index >= 15 is 0 Å². The van der Waals surface area contributed by atoms with E-state index in [0.29, 0.717) is 0 Å². The van der Waals surface area contributed by atoms with Gasteiger partial charge in [-0.3, -0.25) is 8.98 Å². The molecular formula is C16H24N2O6S. The summed E-state index contributed by atoms with van der Waals surface area (Å²) in [6.45, 7) is 6.50. The van der Waals surface area contributed by atoms with Crippen molar-refractivity contribution in [3.8, 4) is 0 Å². The third-order valence-electron chi connectivity index (χ3n) is 2.92. The van der Waals surface area contributed by atoms with Crippen LogP contribution in [0.4, 0.5) is 4.79 Å². The van der Waals surface area contributed by atoms with Crippen LogP contribution in [0.1, 0.15) is 26.3 Å².